The summed E-state index contributed by atoms with van der Waals surface area (Å²) in [6.45, 7) is 6.82. The molecule has 33 heavy (non-hydrogen) atoms. The molecular formula is C26H41N5O2. The van der Waals surface area contributed by atoms with E-state index in [0.717, 1.165) is 56.2 Å². The maximum absolute atomic E-state index is 12.6. The molecule has 1 heterocycles. The average molecular weight is 456 g/mol. The Bertz CT molecular complexity index is 910. The van der Waals surface area contributed by atoms with Crippen LogP contribution in [0, 0.1) is 34.5 Å². The molecule has 1 aromatic heterocycles. The average Bonchev–Trinajstić information content (AvgIpc) is 3.34. The minimum atomic E-state index is -0.0171. The number of oxime groups is 1. The van der Waals surface area contributed by atoms with E-state index in [4.69, 9.17) is 4.84 Å². The molecule has 6 atom stereocenters. The summed E-state index contributed by atoms with van der Waals surface area (Å²) in [6, 6.07) is 0. The lowest BCUT2D eigenvalue weighted by atomic mass is 9.45. The van der Waals surface area contributed by atoms with Crippen LogP contribution >= 0.6 is 0 Å². The van der Waals surface area contributed by atoms with Gasteiger partial charge in [0.15, 0.2) is 0 Å². The summed E-state index contributed by atoms with van der Waals surface area (Å²) in [5.41, 5.74) is 2.59. The zero-order valence-electron chi connectivity index (χ0n) is 20.9. The van der Waals surface area contributed by atoms with Gasteiger partial charge in [-0.15, -0.1) is 5.10 Å². The fraction of sp³-hybridized carbons (Fsp3) is 0.846. The van der Waals surface area contributed by atoms with Gasteiger partial charge in [-0.25, -0.2) is 4.68 Å². The Morgan fingerprint density at radius 3 is 2.82 bits per heavy atom. The maximum atomic E-state index is 12.6. The number of aromatic nitrogens is 3. The summed E-state index contributed by atoms with van der Waals surface area (Å²) in [7, 11) is 4.06. The molecule has 4 aliphatic carbocycles. The van der Waals surface area contributed by atoms with Crippen molar-refractivity contribution in [1.82, 2.24) is 19.9 Å². The minimum Gasteiger partial charge on any atom is -0.394 e. The Labute approximate surface area is 198 Å². The first-order chi connectivity index (χ1) is 15.8. The minimum absolute atomic E-state index is 0.0171. The maximum Gasteiger partial charge on any atom is 0.139 e. The molecule has 7 heteroatoms. The van der Waals surface area contributed by atoms with E-state index >= 15 is 0 Å². The molecule has 0 aromatic carbocycles. The van der Waals surface area contributed by atoms with Crippen molar-refractivity contribution in [3.63, 3.8) is 0 Å². The summed E-state index contributed by atoms with van der Waals surface area (Å²) >= 11 is 0. The van der Waals surface area contributed by atoms with Crippen molar-refractivity contribution in [2.24, 2.45) is 39.7 Å². The first kappa shape index (κ1) is 23.0. The summed E-state index contributed by atoms with van der Waals surface area (Å²) in [4.78, 5) is 20.4. The molecule has 0 spiro atoms. The number of fused-ring (bicyclic) bond motifs is 5. The van der Waals surface area contributed by atoms with Crippen LogP contribution < -0.4 is 0 Å². The van der Waals surface area contributed by atoms with E-state index in [2.05, 4.69) is 34.2 Å². The molecule has 5 rings (SSSR count). The molecule has 0 amide bonds. The van der Waals surface area contributed by atoms with Crippen molar-refractivity contribution in [3.05, 3.63) is 11.9 Å². The quantitative estimate of drug-likeness (QED) is 0.472. The SMILES string of the molecule is CN(C)Cc1cn(CCO/N=C2\CC[C@@]3(C)C(CCC4C3CC[C@]3(C)C(=O)CCC43)C2)nn1. The van der Waals surface area contributed by atoms with Crippen LogP contribution in [0.1, 0.15) is 77.3 Å². The smallest absolute Gasteiger partial charge is 0.139 e. The van der Waals surface area contributed by atoms with Gasteiger partial charge in [-0.05, 0) is 94.5 Å². The number of carbonyl (C=O) groups is 1. The van der Waals surface area contributed by atoms with Crippen LogP contribution in [-0.2, 0) is 22.7 Å². The number of carbonyl (C=O) groups excluding carboxylic acids is 1. The van der Waals surface area contributed by atoms with Crippen molar-refractivity contribution in [2.45, 2.75) is 84.7 Å². The van der Waals surface area contributed by atoms with Gasteiger partial charge in [0.1, 0.15) is 12.4 Å². The normalized spacial score (nSPS) is 39.4. The lowest BCUT2D eigenvalue weighted by molar-refractivity contribution is -0.137. The lowest BCUT2D eigenvalue weighted by Gasteiger charge is -2.59. The molecule has 0 N–H and O–H groups in total. The molecule has 4 unspecified atom stereocenters. The monoisotopic (exact) mass is 455 g/mol. The number of Topliss-reactive ketones (excluding diaryl/α,β-unsaturated/α-hetero) is 1. The van der Waals surface area contributed by atoms with Gasteiger partial charge < -0.3 is 9.74 Å². The van der Waals surface area contributed by atoms with Gasteiger partial charge in [0, 0.05) is 24.6 Å². The van der Waals surface area contributed by atoms with E-state index in [0.29, 0.717) is 36.2 Å². The molecule has 1 aromatic rings. The third-order valence-corrected chi connectivity index (χ3v) is 9.88. The van der Waals surface area contributed by atoms with Crippen molar-refractivity contribution < 1.29 is 9.63 Å². The Balaban J connectivity index is 1.16. The zero-order chi connectivity index (χ0) is 23.2. The highest BCUT2D eigenvalue weighted by Gasteiger charge is 2.60. The molecule has 0 saturated heterocycles. The molecule has 7 nitrogen and oxygen atoms in total. The van der Waals surface area contributed by atoms with Crippen LogP contribution in [0.4, 0.5) is 0 Å². The Morgan fingerprint density at radius 2 is 2.00 bits per heavy atom. The van der Waals surface area contributed by atoms with Crippen LogP contribution in [0.5, 0.6) is 0 Å². The molecule has 4 fully saturated rings. The van der Waals surface area contributed by atoms with E-state index in [1.165, 1.54) is 31.4 Å². The van der Waals surface area contributed by atoms with Crippen LogP contribution in [0.3, 0.4) is 0 Å². The van der Waals surface area contributed by atoms with Crippen LogP contribution in [-0.4, -0.2) is 52.1 Å². The van der Waals surface area contributed by atoms with Gasteiger partial charge in [0.2, 0.25) is 0 Å². The predicted octanol–water partition coefficient (Wildman–Crippen LogP) is 4.32. The summed E-state index contributed by atoms with van der Waals surface area (Å²) in [5.74, 6) is 3.43. The summed E-state index contributed by atoms with van der Waals surface area (Å²) in [5, 5.41) is 12.9. The van der Waals surface area contributed by atoms with Crippen molar-refractivity contribution in [3.8, 4) is 0 Å². The highest BCUT2D eigenvalue weighted by atomic mass is 16.6. The van der Waals surface area contributed by atoms with Gasteiger partial charge in [-0.3, -0.25) is 4.79 Å². The Hall–Kier alpha value is -1.76. The van der Waals surface area contributed by atoms with Crippen LogP contribution in [0.15, 0.2) is 11.4 Å². The number of hydrogen-bond donors (Lipinski definition) is 0. The predicted molar refractivity (Wildman–Crippen MR) is 128 cm³/mol. The van der Waals surface area contributed by atoms with Gasteiger partial charge in [-0.2, -0.15) is 0 Å². The highest BCUT2D eigenvalue weighted by Crippen LogP contribution is 2.65. The van der Waals surface area contributed by atoms with Crippen LogP contribution in [0.25, 0.3) is 0 Å². The molecule has 4 saturated carbocycles. The fourth-order valence-corrected chi connectivity index (χ4v) is 8.03. The molecule has 0 bridgehead atoms. The van der Waals surface area contributed by atoms with Gasteiger partial charge in [0.05, 0.1) is 18.0 Å². The highest BCUT2D eigenvalue weighted by molar-refractivity contribution is 5.87. The third-order valence-electron chi connectivity index (χ3n) is 9.88. The summed E-state index contributed by atoms with van der Waals surface area (Å²) in [6.07, 6.45) is 12.2. The molecule has 4 aliphatic rings. The first-order valence-corrected chi connectivity index (χ1v) is 13.0. The molecular weight excluding hydrogens is 414 g/mol. The van der Waals surface area contributed by atoms with E-state index < -0.39 is 0 Å². The van der Waals surface area contributed by atoms with E-state index in [1.807, 2.05) is 25.0 Å². The second-order valence-electron chi connectivity index (χ2n) is 12.0. The van der Waals surface area contributed by atoms with E-state index in [9.17, 15) is 4.79 Å². The van der Waals surface area contributed by atoms with Gasteiger partial charge >= 0.3 is 0 Å². The van der Waals surface area contributed by atoms with Crippen LogP contribution in [0.2, 0.25) is 0 Å². The van der Waals surface area contributed by atoms with Crippen molar-refractivity contribution in [1.29, 1.82) is 0 Å². The molecule has 182 valence electrons. The number of ketones is 1. The largest absolute Gasteiger partial charge is 0.394 e. The van der Waals surface area contributed by atoms with Crippen molar-refractivity contribution in [2.75, 3.05) is 20.7 Å². The zero-order valence-corrected chi connectivity index (χ0v) is 20.9. The molecule has 0 radical (unpaired) electrons. The Kier molecular flexibility index (Phi) is 6.13. The van der Waals surface area contributed by atoms with E-state index in [-0.39, 0.29) is 5.41 Å². The van der Waals surface area contributed by atoms with E-state index in [1.54, 1.807) is 0 Å². The number of nitrogens with zero attached hydrogens (tertiary/aromatic N) is 5. The first-order valence-electron chi connectivity index (χ1n) is 13.0. The number of rotatable bonds is 6. The molecule has 0 aliphatic heterocycles. The van der Waals surface area contributed by atoms with Crippen molar-refractivity contribution >= 4 is 11.5 Å². The third kappa shape index (κ3) is 4.15. The standard InChI is InChI=1S/C26H41N5O2/c1-25-11-9-19(28-33-14-13-31-17-20(27-29-31)16-30(3)4)15-18(25)5-6-21-22-7-8-24(32)26(22,2)12-10-23(21)25/h17-18,21-23H,5-16H2,1-4H3/b28-19+/t18?,21?,22?,23?,25-,26-/m0/s1. The summed E-state index contributed by atoms with van der Waals surface area (Å²) < 4.78 is 1.84. The second-order valence-corrected chi connectivity index (χ2v) is 12.0. The van der Waals surface area contributed by atoms with Gasteiger partial charge in [-0.1, -0.05) is 24.2 Å². The van der Waals surface area contributed by atoms with Gasteiger partial charge in [0.25, 0.3) is 0 Å². The number of hydrogen-bond acceptors (Lipinski definition) is 6. The topological polar surface area (TPSA) is 72.6 Å². The second kappa shape index (κ2) is 8.79. The lowest BCUT2D eigenvalue weighted by Crippen LogP contribution is -2.53. The fourth-order valence-electron chi connectivity index (χ4n) is 8.03. The Morgan fingerprint density at radius 1 is 1.15 bits per heavy atom.